The molecule has 1 aliphatic rings. The highest BCUT2D eigenvalue weighted by Crippen LogP contribution is 2.36. The zero-order valence-corrected chi connectivity index (χ0v) is 18.1. The fourth-order valence-corrected chi connectivity index (χ4v) is 4.04. The van der Waals surface area contributed by atoms with Gasteiger partial charge in [0, 0.05) is 23.4 Å². The summed E-state index contributed by atoms with van der Waals surface area (Å²) in [5.41, 5.74) is 0.164. The minimum Gasteiger partial charge on any atom is -0.497 e. The van der Waals surface area contributed by atoms with Gasteiger partial charge >= 0.3 is 6.09 Å². The number of hydrogen-bond donors (Lipinski definition) is 0. The number of thiophene rings is 1. The maximum absolute atomic E-state index is 13.8. The molecule has 158 valence electrons. The third-order valence-electron chi connectivity index (χ3n) is 4.52. The van der Waals surface area contributed by atoms with Gasteiger partial charge < -0.3 is 18.9 Å². The van der Waals surface area contributed by atoms with E-state index >= 15 is 0 Å². The normalized spacial score (nSPS) is 15.9. The number of halogens is 1. The molecule has 1 unspecified atom stereocenters. The van der Waals surface area contributed by atoms with Crippen LogP contribution >= 0.6 is 11.3 Å². The third kappa shape index (κ3) is 4.93. The summed E-state index contributed by atoms with van der Waals surface area (Å²) in [4.78, 5) is 15.4. The lowest BCUT2D eigenvalue weighted by molar-refractivity contribution is 0.00639. The number of nitrogens with zero attached hydrogens (tertiary/aromatic N) is 1. The Labute approximate surface area is 174 Å². The number of methoxy groups -OCH3 is 2. The molecule has 0 radical (unpaired) electrons. The number of rotatable bonds is 5. The van der Waals surface area contributed by atoms with Crippen molar-refractivity contribution in [1.82, 2.24) is 4.90 Å². The summed E-state index contributed by atoms with van der Waals surface area (Å²) in [6.07, 6.45) is 0.0474. The van der Waals surface area contributed by atoms with E-state index in [1.165, 1.54) is 16.7 Å². The van der Waals surface area contributed by atoms with E-state index < -0.39 is 11.7 Å². The van der Waals surface area contributed by atoms with Crippen LogP contribution in [0.2, 0.25) is 0 Å². The number of amides is 1. The Kier molecular flexibility index (Phi) is 6.21. The minimum atomic E-state index is -0.644. The van der Waals surface area contributed by atoms with Gasteiger partial charge in [0.15, 0.2) is 11.6 Å². The highest BCUT2D eigenvalue weighted by Gasteiger charge is 2.34. The van der Waals surface area contributed by atoms with E-state index in [-0.39, 0.29) is 30.8 Å². The van der Waals surface area contributed by atoms with Crippen molar-refractivity contribution in [3.63, 3.8) is 0 Å². The van der Waals surface area contributed by atoms with Gasteiger partial charge in [0.25, 0.3) is 0 Å². The van der Waals surface area contributed by atoms with Gasteiger partial charge in [-0.15, -0.1) is 11.3 Å². The lowest BCUT2D eigenvalue weighted by atomic mass is 10.1. The first-order valence-electron chi connectivity index (χ1n) is 9.31. The average Bonchev–Trinajstić information content (AvgIpc) is 3.04. The summed E-state index contributed by atoms with van der Waals surface area (Å²) in [5.74, 6) is 1.20. The van der Waals surface area contributed by atoms with Crippen LogP contribution in [0.4, 0.5) is 9.18 Å². The smallest absolute Gasteiger partial charge is 0.410 e. The second-order valence-corrected chi connectivity index (χ2v) is 8.76. The van der Waals surface area contributed by atoms with Gasteiger partial charge in [0.05, 0.1) is 31.7 Å². The number of carbonyl (C=O) groups excluding carboxylic acids is 1. The summed E-state index contributed by atoms with van der Waals surface area (Å²) < 4.78 is 35.8. The predicted octanol–water partition coefficient (Wildman–Crippen LogP) is 4.65. The van der Waals surface area contributed by atoms with Crippen LogP contribution < -0.4 is 14.2 Å². The molecule has 1 aromatic heterocycles. The van der Waals surface area contributed by atoms with E-state index in [9.17, 15) is 9.18 Å². The molecule has 29 heavy (non-hydrogen) atoms. The van der Waals surface area contributed by atoms with E-state index in [0.29, 0.717) is 17.9 Å². The first-order valence-corrected chi connectivity index (χ1v) is 10.2. The van der Waals surface area contributed by atoms with E-state index in [1.54, 1.807) is 25.2 Å². The van der Waals surface area contributed by atoms with Crippen molar-refractivity contribution >= 4 is 17.4 Å². The van der Waals surface area contributed by atoms with Gasteiger partial charge in [0.1, 0.15) is 23.7 Å². The first-order chi connectivity index (χ1) is 13.7. The summed E-state index contributed by atoms with van der Waals surface area (Å²) in [7, 11) is 3.15. The van der Waals surface area contributed by atoms with Crippen LogP contribution in [-0.4, -0.2) is 43.5 Å². The highest BCUT2D eigenvalue weighted by atomic mass is 32.1. The zero-order chi connectivity index (χ0) is 21.2. The van der Waals surface area contributed by atoms with Crippen molar-refractivity contribution < 1.29 is 28.1 Å². The SMILES string of the molecule is COc1ccc(CN(C(=O)OC(C)(C)C)C2COc3c(F)csc3C2)c(OC)c1. The minimum absolute atomic E-state index is 0.193. The Hall–Kier alpha value is -2.48. The van der Waals surface area contributed by atoms with Crippen molar-refractivity contribution in [1.29, 1.82) is 0 Å². The molecule has 8 heteroatoms. The number of hydrogen-bond acceptors (Lipinski definition) is 6. The van der Waals surface area contributed by atoms with Crippen LogP contribution in [0.25, 0.3) is 0 Å². The molecule has 3 rings (SSSR count). The number of fused-ring (bicyclic) bond motifs is 1. The first kappa shape index (κ1) is 21.2. The van der Waals surface area contributed by atoms with Crippen molar-refractivity contribution in [3.05, 3.63) is 39.8 Å². The van der Waals surface area contributed by atoms with Crippen molar-refractivity contribution in [2.75, 3.05) is 20.8 Å². The zero-order valence-electron chi connectivity index (χ0n) is 17.3. The van der Waals surface area contributed by atoms with Gasteiger partial charge in [-0.2, -0.15) is 0 Å². The summed E-state index contributed by atoms with van der Waals surface area (Å²) >= 11 is 1.30. The lowest BCUT2D eigenvalue weighted by Crippen LogP contribution is -2.47. The Morgan fingerprint density at radius 3 is 2.72 bits per heavy atom. The number of ether oxygens (including phenoxy) is 4. The molecule has 0 spiro atoms. The summed E-state index contributed by atoms with van der Waals surface area (Å²) in [5, 5.41) is 1.43. The van der Waals surface area contributed by atoms with Crippen molar-refractivity contribution in [2.24, 2.45) is 0 Å². The van der Waals surface area contributed by atoms with Crippen molar-refractivity contribution in [2.45, 2.75) is 45.4 Å². The number of carbonyl (C=O) groups is 1. The largest absolute Gasteiger partial charge is 0.497 e. The van der Waals surface area contributed by atoms with Crippen LogP contribution in [0.1, 0.15) is 31.2 Å². The van der Waals surface area contributed by atoms with Gasteiger partial charge in [-0.3, -0.25) is 4.90 Å². The Bertz CT molecular complexity index is 876. The van der Waals surface area contributed by atoms with E-state index in [2.05, 4.69) is 0 Å². The van der Waals surface area contributed by atoms with Crippen LogP contribution in [0.3, 0.4) is 0 Å². The summed E-state index contributed by atoms with van der Waals surface area (Å²) in [6, 6.07) is 5.15. The molecule has 0 saturated heterocycles. The molecule has 0 aliphatic carbocycles. The second kappa shape index (κ2) is 8.49. The predicted molar refractivity (Wildman–Crippen MR) is 109 cm³/mol. The molecule has 1 atom stereocenters. The molecule has 0 N–H and O–H groups in total. The molecule has 1 amide bonds. The molecule has 2 aromatic rings. The molecule has 0 saturated carbocycles. The fourth-order valence-electron chi connectivity index (χ4n) is 3.14. The highest BCUT2D eigenvalue weighted by molar-refractivity contribution is 7.10. The quantitative estimate of drug-likeness (QED) is 0.701. The van der Waals surface area contributed by atoms with E-state index in [1.807, 2.05) is 32.9 Å². The standard InChI is InChI=1S/C21H26FNO5S/c1-21(2,3)28-20(24)23(10-13-6-7-15(25-4)9-17(13)26-5)14-8-18-19(27-11-14)16(22)12-29-18/h6-7,9,12,14H,8,10-11H2,1-5H3. The average molecular weight is 424 g/mol. The molecule has 1 aromatic carbocycles. The van der Waals surface area contributed by atoms with Gasteiger partial charge in [-0.05, 0) is 32.9 Å². The van der Waals surface area contributed by atoms with E-state index in [4.69, 9.17) is 18.9 Å². The third-order valence-corrected chi connectivity index (χ3v) is 5.48. The Morgan fingerprint density at radius 1 is 1.31 bits per heavy atom. The van der Waals surface area contributed by atoms with Crippen LogP contribution in [-0.2, 0) is 17.7 Å². The van der Waals surface area contributed by atoms with E-state index in [0.717, 1.165) is 10.4 Å². The maximum Gasteiger partial charge on any atom is 0.410 e. The molecule has 2 heterocycles. The van der Waals surface area contributed by atoms with Gasteiger partial charge in [-0.1, -0.05) is 0 Å². The second-order valence-electron chi connectivity index (χ2n) is 7.79. The molecule has 0 bridgehead atoms. The van der Waals surface area contributed by atoms with Crippen molar-refractivity contribution in [3.8, 4) is 17.2 Å². The van der Waals surface area contributed by atoms with Gasteiger partial charge in [0.2, 0.25) is 0 Å². The van der Waals surface area contributed by atoms with Gasteiger partial charge in [-0.25, -0.2) is 9.18 Å². The Balaban J connectivity index is 1.89. The van der Waals surface area contributed by atoms with Crippen LogP contribution in [0.5, 0.6) is 17.2 Å². The maximum atomic E-state index is 13.8. The van der Waals surface area contributed by atoms with Crippen LogP contribution in [0, 0.1) is 5.82 Å². The number of benzene rings is 1. The molecule has 6 nitrogen and oxygen atoms in total. The molecule has 0 fully saturated rings. The molecular formula is C21H26FNO5S. The monoisotopic (exact) mass is 423 g/mol. The molecule has 1 aliphatic heterocycles. The topological polar surface area (TPSA) is 57.2 Å². The Morgan fingerprint density at radius 2 is 2.07 bits per heavy atom. The molecular weight excluding hydrogens is 397 g/mol. The fraction of sp³-hybridized carbons (Fsp3) is 0.476. The lowest BCUT2D eigenvalue weighted by Gasteiger charge is -2.35. The summed E-state index contributed by atoms with van der Waals surface area (Å²) in [6.45, 7) is 5.92. The van der Waals surface area contributed by atoms with Crippen LogP contribution in [0.15, 0.2) is 23.6 Å².